The number of rotatable bonds is 8. The standard InChI is InChI=1S/C35H32F2N4O5/c1-34(2)26(18-35(36,37)20-38-32(44)24-11-7-8-12-27(24)42)31(21-9-5-4-6-10-21)41(33(34)45)23-14-15-25-28(17-23)46-39-30(25)22-13-16-29(43)40(3)19-22/h4-17,19,26,31,42H,18,20H2,1-3H3,(H,38,44)/t26-,31+/m1/s1. The van der Waals surface area contributed by atoms with Gasteiger partial charge in [0.1, 0.15) is 11.4 Å². The van der Waals surface area contributed by atoms with Crippen molar-refractivity contribution in [3.63, 3.8) is 0 Å². The summed E-state index contributed by atoms with van der Waals surface area (Å²) in [4.78, 5) is 40.2. The maximum absolute atomic E-state index is 15.7. The van der Waals surface area contributed by atoms with Crippen molar-refractivity contribution in [3.8, 4) is 17.0 Å². The number of phenols is 1. The van der Waals surface area contributed by atoms with Crippen LogP contribution in [-0.4, -0.2) is 39.1 Å². The number of carbonyl (C=O) groups excluding carboxylic acids is 2. The molecule has 0 saturated carbocycles. The van der Waals surface area contributed by atoms with Crippen LogP contribution in [0.2, 0.25) is 0 Å². The zero-order valence-electron chi connectivity index (χ0n) is 25.4. The van der Waals surface area contributed by atoms with E-state index in [2.05, 4.69) is 10.5 Å². The van der Waals surface area contributed by atoms with E-state index in [1.54, 1.807) is 68.4 Å². The van der Waals surface area contributed by atoms with E-state index in [1.165, 1.54) is 34.9 Å². The van der Waals surface area contributed by atoms with Gasteiger partial charge in [0.25, 0.3) is 11.8 Å². The van der Waals surface area contributed by atoms with Crippen LogP contribution in [0.3, 0.4) is 0 Å². The minimum atomic E-state index is -3.38. The Bertz CT molecular complexity index is 2000. The van der Waals surface area contributed by atoms with E-state index in [0.29, 0.717) is 33.5 Å². The smallest absolute Gasteiger partial charge is 0.265 e. The lowest BCUT2D eigenvalue weighted by Crippen LogP contribution is -2.40. The number of aromatic nitrogens is 2. The molecule has 2 amide bonds. The fourth-order valence-corrected chi connectivity index (χ4v) is 6.23. The van der Waals surface area contributed by atoms with E-state index in [0.717, 1.165) is 0 Å². The minimum Gasteiger partial charge on any atom is -0.507 e. The van der Waals surface area contributed by atoms with Gasteiger partial charge < -0.3 is 24.4 Å². The summed E-state index contributed by atoms with van der Waals surface area (Å²) in [5.41, 5.74) is 1.25. The van der Waals surface area contributed by atoms with Gasteiger partial charge in [-0.15, -0.1) is 0 Å². The number of anilines is 1. The summed E-state index contributed by atoms with van der Waals surface area (Å²) < 4.78 is 38.5. The number of aryl methyl sites for hydroxylation is 1. The Kier molecular flexibility index (Phi) is 7.71. The van der Waals surface area contributed by atoms with E-state index in [1.807, 2.05) is 18.2 Å². The summed E-state index contributed by atoms with van der Waals surface area (Å²) in [6, 6.07) is 22.2. The number of hydrogen-bond donors (Lipinski definition) is 2. The largest absolute Gasteiger partial charge is 0.507 e. The Balaban J connectivity index is 1.34. The highest BCUT2D eigenvalue weighted by atomic mass is 19.3. The second-order valence-corrected chi connectivity index (χ2v) is 12.2. The molecule has 0 aliphatic carbocycles. The molecule has 3 heterocycles. The molecular weight excluding hydrogens is 594 g/mol. The number of pyridine rings is 1. The SMILES string of the molecule is Cn1cc(-c2noc3cc(N4C(=O)C(C)(C)[C@H](CC(F)(F)CNC(=O)c5ccccc5O)[C@@H]4c4ccccc4)ccc23)ccc1=O. The number of amides is 2. The molecule has 1 aliphatic heterocycles. The monoisotopic (exact) mass is 626 g/mol. The topological polar surface area (TPSA) is 118 Å². The maximum atomic E-state index is 15.7. The molecule has 9 nitrogen and oxygen atoms in total. The lowest BCUT2D eigenvalue weighted by molar-refractivity contribution is -0.126. The fraction of sp³-hybridized carbons (Fsp3) is 0.257. The van der Waals surface area contributed by atoms with Crippen molar-refractivity contribution in [3.05, 3.63) is 113 Å². The number of halogens is 2. The number of nitrogens with one attached hydrogen (secondary N) is 1. The number of benzene rings is 3. The molecule has 0 spiro atoms. The van der Waals surface area contributed by atoms with Gasteiger partial charge in [-0.2, -0.15) is 0 Å². The molecule has 46 heavy (non-hydrogen) atoms. The second-order valence-electron chi connectivity index (χ2n) is 12.2. The molecular formula is C35H32F2N4O5. The van der Waals surface area contributed by atoms with Gasteiger partial charge in [0.2, 0.25) is 11.5 Å². The average molecular weight is 627 g/mol. The summed E-state index contributed by atoms with van der Waals surface area (Å²) in [5, 5.41) is 17.1. The predicted molar refractivity (Wildman–Crippen MR) is 169 cm³/mol. The Morgan fingerprint density at radius 1 is 1.02 bits per heavy atom. The molecule has 1 saturated heterocycles. The number of aromatic hydroxyl groups is 1. The van der Waals surface area contributed by atoms with Crippen LogP contribution in [0.5, 0.6) is 5.75 Å². The number of nitrogens with zero attached hydrogens (tertiary/aromatic N) is 3. The first-order valence-electron chi connectivity index (χ1n) is 14.8. The highest BCUT2D eigenvalue weighted by Crippen LogP contribution is 2.54. The lowest BCUT2D eigenvalue weighted by atomic mass is 9.73. The Morgan fingerprint density at radius 3 is 2.46 bits per heavy atom. The van der Waals surface area contributed by atoms with E-state index < -0.39 is 42.2 Å². The van der Waals surface area contributed by atoms with Crippen LogP contribution in [0.15, 0.2) is 100 Å². The molecule has 3 aromatic carbocycles. The molecule has 2 N–H and O–H groups in total. The van der Waals surface area contributed by atoms with Gasteiger partial charge >= 0.3 is 0 Å². The molecule has 1 aliphatic rings. The van der Waals surface area contributed by atoms with Crippen molar-refractivity contribution in [2.75, 3.05) is 11.4 Å². The van der Waals surface area contributed by atoms with Gasteiger partial charge in [0.05, 0.1) is 18.2 Å². The van der Waals surface area contributed by atoms with Crippen molar-refractivity contribution in [1.29, 1.82) is 0 Å². The van der Waals surface area contributed by atoms with Gasteiger partial charge in [0.15, 0.2) is 5.58 Å². The number of fused-ring (bicyclic) bond motifs is 1. The first-order chi connectivity index (χ1) is 21.9. The van der Waals surface area contributed by atoms with Gasteiger partial charge in [-0.3, -0.25) is 14.4 Å². The number of phenolic OH excluding ortho intramolecular Hbond substituents is 1. The molecule has 11 heteroatoms. The summed E-state index contributed by atoms with van der Waals surface area (Å²) >= 11 is 0. The summed E-state index contributed by atoms with van der Waals surface area (Å²) in [7, 11) is 1.64. The van der Waals surface area contributed by atoms with Crippen LogP contribution in [0, 0.1) is 11.3 Å². The first-order valence-corrected chi connectivity index (χ1v) is 14.8. The van der Waals surface area contributed by atoms with E-state index in [9.17, 15) is 19.5 Å². The molecule has 1 fully saturated rings. The third kappa shape index (κ3) is 5.53. The third-order valence-corrected chi connectivity index (χ3v) is 8.77. The van der Waals surface area contributed by atoms with Crippen LogP contribution in [0.25, 0.3) is 22.2 Å². The molecule has 6 rings (SSSR count). The third-order valence-electron chi connectivity index (χ3n) is 8.77. The Hall–Kier alpha value is -5.32. The Morgan fingerprint density at radius 2 is 1.74 bits per heavy atom. The van der Waals surface area contributed by atoms with Crippen LogP contribution < -0.4 is 15.8 Å². The summed E-state index contributed by atoms with van der Waals surface area (Å²) in [6.45, 7) is 2.36. The highest BCUT2D eigenvalue weighted by molar-refractivity contribution is 6.03. The van der Waals surface area contributed by atoms with Crippen LogP contribution in [-0.2, 0) is 11.8 Å². The Labute approximate surface area is 263 Å². The van der Waals surface area contributed by atoms with Gasteiger partial charge in [0, 0.05) is 59.8 Å². The van der Waals surface area contributed by atoms with Crippen molar-refractivity contribution < 1.29 is 28.0 Å². The highest BCUT2D eigenvalue weighted by Gasteiger charge is 2.57. The molecule has 0 unspecified atom stereocenters. The van der Waals surface area contributed by atoms with Gasteiger partial charge in [-0.05, 0) is 35.9 Å². The normalized spacial score (nSPS) is 17.8. The van der Waals surface area contributed by atoms with Crippen molar-refractivity contribution in [1.82, 2.24) is 15.0 Å². The zero-order chi connectivity index (χ0) is 32.8. The van der Waals surface area contributed by atoms with Crippen molar-refractivity contribution in [2.24, 2.45) is 18.4 Å². The average Bonchev–Trinajstić information content (AvgIpc) is 3.54. The van der Waals surface area contributed by atoms with Crippen LogP contribution >= 0.6 is 0 Å². The van der Waals surface area contributed by atoms with Crippen molar-refractivity contribution in [2.45, 2.75) is 32.2 Å². The van der Waals surface area contributed by atoms with Crippen LogP contribution in [0.4, 0.5) is 14.5 Å². The number of hydrogen-bond acceptors (Lipinski definition) is 6. The summed E-state index contributed by atoms with van der Waals surface area (Å²) in [5.74, 6) is -5.71. The number of para-hydroxylation sites is 1. The molecule has 0 radical (unpaired) electrons. The molecule has 0 bridgehead atoms. The van der Waals surface area contributed by atoms with Gasteiger partial charge in [-0.25, -0.2) is 8.78 Å². The number of carbonyl (C=O) groups is 2. The summed E-state index contributed by atoms with van der Waals surface area (Å²) in [6.07, 6.45) is 0.964. The van der Waals surface area contributed by atoms with E-state index in [-0.39, 0.29) is 22.8 Å². The predicted octanol–water partition coefficient (Wildman–Crippen LogP) is 6.08. The first kappa shape index (κ1) is 30.7. The quantitative estimate of drug-likeness (QED) is 0.216. The zero-order valence-corrected chi connectivity index (χ0v) is 25.4. The van der Waals surface area contributed by atoms with Crippen LogP contribution in [0.1, 0.15) is 42.2 Å². The second kappa shape index (κ2) is 11.6. The molecule has 236 valence electrons. The van der Waals surface area contributed by atoms with Gasteiger partial charge in [-0.1, -0.05) is 61.5 Å². The lowest BCUT2D eigenvalue weighted by Gasteiger charge is -2.32. The fourth-order valence-electron chi connectivity index (χ4n) is 6.23. The molecule has 2 atom stereocenters. The maximum Gasteiger partial charge on any atom is 0.265 e. The minimum absolute atomic E-state index is 0.106. The number of alkyl halides is 2. The van der Waals surface area contributed by atoms with Crippen molar-refractivity contribution >= 4 is 28.5 Å². The molecule has 5 aromatic rings. The van der Waals surface area contributed by atoms with E-state index >= 15 is 8.78 Å². The molecule has 2 aromatic heterocycles. The van der Waals surface area contributed by atoms with E-state index in [4.69, 9.17) is 4.52 Å².